The van der Waals surface area contributed by atoms with E-state index in [1.165, 1.54) is 4.90 Å². The number of amides is 1. The van der Waals surface area contributed by atoms with Crippen LogP contribution in [0.25, 0.3) is 11.3 Å². The Morgan fingerprint density at radius 2 is 2.10 bits per heavy atom. The van der Waals surface area contributed by atoms with Crippen LogP contribution in [-0.2, 0) is 10.2 Å². The largest absolute Gasteiger partial charge is 0.352 e. The molecule has 1 N–H and O–H groups in total. The minimum Gasteiger partial charge on any atom is -0.352 e. The fourth-order valence-electron chi connectivity index (χ4n) is 3.67. The Kier molecular flexibility index (Phi) is 5.59. The maximum Gasteiger partial charge on any atom is 0.242 e. The van der Waals surface area contributed by atoms with Gasteiger partial charge in [0.15, 0.2) is 0 Å². The zero-order chi connectivity index (χ0) is 21.1. The van der Waals surface area contributed by atoms with Gasteiger partial charge in [-0.15, -0.1) is 10.2 Å². The highest BCUT2D eigenvalue weighted by molar-refractivity contribution is 6.31. The van der Waals surface area contributed by atoms with E-state index in [2.05, 4.69) is 25.5 Å². The number of halogens is 2. The minimum atomic E-state index is -0.872. The number of anilines is 2. The van der Waals surface area contributed by atoms with Crippen molar-refractivity contribution in [3.05, 3.63) is 59.5 Å². The van der Waals surface area contributed by atoms with E-state index < -0.39 is 11.6 Å². The number of alkyl halides is 1. The Bertz CT molecular complexity index is 1040. The van der Waals surface area contributed by atoms with Crippen molar-refractivity contribution in [2.24, 2.45) is 0 Å². The van der Waals surface area contributed by atoms with Gasteiger partial charge in [0.25, 0.3) is 0 Å². The number of benzene rings is 1. The zero-order valence-corrected chi connectivity index (χ0v) is 17.1. The van der Waals surface area contributed by atoms with Crippen LogP contribution in [0.1, 0.15) is 18.5 Å². The quantitative estimate of drug-likeness (QED) is 0.580. The Labute approximate surface area is 178 Å². The molecule has 1 amide bonds. The van der Waals surface area contributed by atoms with Gasteiger partial charge < -0.3 is 10.2 Å². The number of carbonyl (C=O) groups is 1. The maximum absolute atomic E-state index is 13.7. The Morgan fingerprint density at radius 3 is 2.77 bits per heavy atom. The first-order valence-electron chi connectivity index (χ1n) is 9.48. The average molecular weight is 427 g/mol. The maximum atomic E-state index is 13.7. The number of pyridine rings is 1. The number of hydrogen-bond donors (Lipinski definition) is 1. The molecule has 30 heavy (non-hydrogen) atoms. The summed E-state index contributed by atoms with van der Waals surface area (Å²) in [6, 6.07) is 10.9. The topological polar surface area (TPSA) is 83.9 Å². The molecule has 9 heteroatoms. The van der Waals surface area contributed by atoms with Crippen molar-refractivity contribution in [1.82, 2.24) is 20.2 Å². The third-order valence-electron chi connectivity index (χ3n) is 5.34. The lowest BCUT2D eigenvalue weighted by atomic mass is 9.65. The molecule has 4 rings (SSSR count). The summed E-state index contributed by atoms with van der Waals surface area (Å²) < 4.78 is 13.7. The lowest BCUT2D eigenvalue weighted by Crippen LogP contribution is -2.48. The predicted molar refractivity (Wildman–Crippen MR) is 113 cm³/mol. The standard InChI is InChI=1S/C21H20ClFN6O/c1-29(13-30)16-5-2-4-14(8-16)18-11-25-20(28-27-18)26-12-21(9-15(23)10-21)19-17(22)6-3-7-24-19/h2-8,11,13,15H,9-10,12H2,1H3,(H,25,26,28). The molecule has 0 unspecified atom stereocenters. The summed E-state index contributed by atoms with van der Waals surface area (Å²) in [5.74, 6) is 0.341. The number of aromatic nitrogens is 4. The first-order valence-corrected chi connectivity index (χ1v) is 9.86. The molecule has 1 fully saturated rings. The molecule has 0 radical (unpaired) electrons. The Balaban J connectivity index is 1.49. The Hall–Kier alpha value is -3.13. The Morgan fingerprint density at radius 1 is 1.27 bits per heavy atom. The zero-order valence-electron chi connectivity index (χ0n) is 16.3. The van der Waals surface area contributed by atoms with Crippen molar-refractivity contribution >= 4 is 29.6 Å². The van der Waals surface area contributed by atoms with Gasteiger partial charge in [0, 0.05) is 36.5 Å². The molecular formula is C21H20ClFN6O. The minimum absolute atomic E-state index is 0.341. The molecule has 1 saturated carbocycles. The van der Waals surface area contributed by atoms with Crippen molar-refractivity contribution in [2.45, 2.75) is 24.4 Å². The van der Waals surface area contributed by atoms with Gasteiger partial charge in [0.2, 0.25) is 12.4 Å². The first kappa shape index (κ1) is 20.2. The van der Waals surface area contributed by atoms with Gasteiger partial charge in [0.1, 0.15) is 11.9 Å². The monoisotopic (exact) mass is 426 g/mol. The second-order valence-corrected chi connectivity index (χ2v) is 7.81. The van der Waals surface area contributed by atoms with Gasteiger partial charge in [-0.25, -0.2) is 9.37 Å². The number of carbonyl (C=O) groups excluding carboxylic acids is 1. The summed E-state index contributed by atoms with van der Waals surface area (Å²) in [4.78, 5) is 21.1. The number of hydrogen-bond acceptors (Lipinski definition) is 6. The summed E-state index contributed by atoms with van der Waals surface area (Å²) in [7, 11) is 1.68. The van der Waals surface area contributed by atoms with Crippen molar-refractivity contribution in [3.8, 4) is 11.3 Å². The summed E-state index contributed by atoms with van der Waals surface area (Å²) in [6.45, 7) is 0.408. The molecule has 2 heterocycles. The van der Waals surface area contributed by atoms with Crippen molar-refractivity contribution in [2.75, 3.05) is 23.8 Å². The highest BCUT2D eigenvalue weighted by Crippen LogP contribution is 2.46. The molecular weight excluding hydrogens is 407 g/mol. The highest BCUT2D eigenvalue weighted by Gasteiger charge is 2.48. The van der Waals surface area contributed by atoms with Crippen LogP contribution in [-0.4, -0.2) is 46.3 Å². The molecule has 0 saturated heterocycles. The van der Waals surface area contributed by atoms with Gasteiger partial charge in [-0.05, 0) is 37.1 Å². The van der Waals surface area contributed by atoms with Crippen LogP contribution in [0.4, 0.5) is 16.0 Å². The normalized spacial score (nSPS) is 20.3. The van der Waals surface area contributed by atoms with Crippen molar-refractivity contribution in [1.29, 1.82) is 0 Å². The number of rotatable bonds is 7. The van der Waals surface area contributed by atoms with Crippen LogP contribution in [0.15, 0.2) is 48.8 Å². The van der Waals surface area contributed by atoms with E-state index in [1.54, 1.807) is 31.6 Å². The first-order chi connectivity index (χ1) is 14.5. The SMILES string of the molecule is CN(C=O)c1cccc(-c2cnc(NCC3(c4ncccc4Cl)CC(F)C3)nn2)c1. The summed E-state index contributed by atoms with van der Waals surface area (Å²) in [5.41, 5.74) is 2.31. The van der Waals surface area contributed by atoms with E-state index in [4.69, 9.17) is 11.6 Å². The summed E-state index contributed by atoms with van der Waals surface area (Å²) in [6.07, 6.45) is 3.83. The van der Waals surface area contributed by atoms with Gasteiger partial charge in [-0.2, -0.15) is 0 Å². The second-order valence-electron chi connectivity index (χ2n) is 7.41. The van der Waals surface area contributed by atoms with Gasteiger partial charge >= 0.3 is 0 Å². The van der Waals surface area contributed by atoms with Gasteiger partial charge in [-0.1, -0.05) is 23.7 Å². The average Bonchev–Trinajstić information content (AvgIpc) is 2.76. The molecule has 2 aromatic heterocycles. The van der Waals surface area contributed by atoms with Crippen molar-refractivity contribution < 1.29 is 9.18 Å². The van der Waals surface area contributed by atoms with E-state index in [9.17, 15) is 9.18 Å². The van der Waals surface area contributed by atoms with E-state index >= 15 is 0 Å². The lowest BCUT2D eigenvalue weighted by molar-refractivity contribution is -0.107. The van der Waals surface area contributed by atoms with Gasteiger partial charge in [-0.3, -0.25) is 9.78 Å². The molecule has 0 spiro atoms. The smallest absolute Gasteiger partial charge is 0.242 e. The van der Waals surface area contributed by atoms with E-state index in [1.807, 2.05) is 24.3 Å². The van der Waals surface area contributed by atoms with E-state index in [0.29, 0.717) is 41.7 Å². The molecule has 1 aliphatic carbocycles. The molecule has 154 valence electrons. The van der Waals surface area contributed by atoms with Crippen LogP contribution in [0.5, 0.6) is 0 Å². The number of nitrogens with zero attached hydrogens (tertiary/aromatic N) is 5. The summed E-state index contributed by atoms with van der Waals surface area (Å²) >= 11 is 6.30. The highest BCUT2D eigenvalue weighted by atomic mass is 35.5. The van der Waals surface area contributed by atoms with Crippen LogP contribution >= 0.6 is 11.6 Å². The fraction of sp³-hybridized carbons (Fsp3) is 0.286. The van der Waals surface area contributed by atoms with Gasteiger partial charge in [0.05, 0.1) is 16.9 Å². The van der Waals surface area contributed by atoms with Crippen LogP contribution in [0, 0.1) is 0 Å². The predicted octanol–water partition coefficient (Wildman–Crippen LogP) is 3.66. The molecule has 0 aliphatic heterocycles. The lowest BCUT2D eigenvalue weighted by Gasteiger charge is -2.44. The third kappa shape index (κ3) is 3.95. The molecule has 1 aliphatic rings. The molecule has 0 atom stereocenters. The van der Waals surface area contributed by atoms with E-state index in [-0.39, 0.29) is 0 Å². The van der Waals surface area contributed by atoms with Crippen molar-refractivity contribution in [3.63, 3.8) is 0 Å². The number of nitrogens with one attached hydrogen (secondary N) is 1. The van der Waals surface area contributed by atoms with Crippen LogP contribution in [0.2, 0.25) is 5.02 Å². The summed E-state index contributed by atoms with van der Waals surface area (Å²) in [5, 5.41) is 12.0. The molecule has 1 aromatic carbocycles. The fourth-order valence-corrected chi connectivity index (χ4v) is 3.99. The molecule has 0 bridgehead atoms. The van der Waals surface area contributed by atoms with Crippen LogP contribution < -0.4 is 10.2 Å². The molecule has 7 nitrogen and oxygen atoms in total. The van der Waals surface area contributed by atoms with Crippen LogP contribution in [0.3, 0.4) is 0 Å². The molecule has 3 aromatic rings. The second kappa shape index (κ2) is 8.31. The van der Waals surface area contributed by atoms with E-state index in [0.717, 1.165) is 17.7 Å². The third-order valence-corrected chi connectivity index (χ3v) is 5.64.